The first-order valence-electron chi connectivity index (χ1n) is 4.46. The van der Waals surface area contributed by atoms with Crippen LogP contribution in [0.25, 0.3) is 0 Å². The predicted molar refractivity (Wildman–Crippen MR) is 49.8 cm³/mol. The maximum atomic E-state index is 10.4. The first-order valence-corrected chi connectivity index (χ1v) is 4.46. The van der Waals surface area contributed by atoms with Crippen LogP contribution in [0, 0.1) is 0 Å². The molecule has 0 saturated carbocycles. The minimum absolute atomic E-state index is 0.161. The Hall–Kier alpha value is -1.75. The molecule has 0 fully saturated rings. The lowest BCUT2D eigenvalue weighted by atomic mass is 10.1. The van der Waals surface area contributed by atoms with Crippen LogP contribution in [0.5, 0.6) is 11.5 Å². The van der Waals surface area contributed by atoms with Crippen LogP contribution in [-0.4, -0.2) is 23.0 Å². The van der Waals surface area contributed by atoms with Crippen molar-refractivity contribution in [1.82, 2.24) is 0 Å². The summed E-state index contributed by atoms with van der Waals surface area (Å²) in [7, 11) is 0. The molecule has 1 unspecified atom stereocenters. The minimum atomic E-state index is -1.04. The molecule has 1 aromatic carbocycles. The maximum Gasteiger partial charge on any atom is 0.306 e. The summed E-state index contributed by atoms with van der Waals surface area (Å²) in [5.74, 6) is 0.110. The van der Waals surface area contributed by atoms with E-state index in [0.717, 1.165) is 0 Å². The van der Waals surface area contributed by atoms with Gasteiger partial charge in [0.2, 0.25) is 6.79 Å². The van der Waals surface area contributed by atoms with Gasteiger partial charge in [-0.3, -0.25) is 4.79 Å². The third-order valence-corrected chi connectivity index (χ3v) is 2.15. The predicted octanol–water partition coefficient (Wildman–Crippen LogP) is 0.923. The number of fused-ring (bicyclic) bond motifs is 1. The zero-order valence-electron chi connectivity index (χ0n) is 7.84. The van der Waals surface area contributed by atoms with Crippen LogP contribution in [0.3, 0.4) is 0 Å². The van der Waals surface area contributed by atoms with Crippen LogP contribution in [0.2, 0.25) is 0 Å². The van der Waals surface area contributed by atoms with Crippen molar-refractivity contribution in [2.45, 2.75) is 12.5 Å². The van der Waals surface area contributed by atoms with Crippen molar-refractivity contribution in [1.29, 1.82) is 0 Å². The number of hydrogen-bond acceptors (Lipinski definition) is 4. The van der Waals surface area contributed by atoms with E-state index in [-0.39, 0.29) is 13.2 Å². The largest absolute Gasteiger partial charge is 0.481 e. The number of aliphatic hydroxyl groups is 1. The smallest absolute Gasteiger partial charge is 0.306 e. The molecule has 1 atom stereocenters. The number of benzene rings is 1. The van der Waals surface area contributed by atoms with Crippen molar-refractivity contribution in [2.24, 2.45) is 0 Å². The van der Waals surface area contributed by atoms with Crippen molar-refractivity contribution < 1.29 is 24.5 Å². The second kappa shape index (κ2) is 3.78. The van der Waals surface area contributed by atoms with E-state index < -0.39 is 12.1 Å². The molecule has 0 saturated heterocycles. The fourth-order valence-corrected chi connectivity index (χ4v) is 1.40. The summed E-state index contributed by atoms with van der Waals surface area (Å²) >= 11 is 0. The monoisotopic (exact) mass is 210 g/mol. The van der Waals surface area contributed by atoms with Crippen LogP contribution >= 0.6 is 0 Å². The number of carboxylic acid groups (broad SMARTS) is 1. The highest BCUT2D eigenvalue weighted by Crippen LogP contribution is 2.34. The van der Waals surface area contributed by atoms with Gasteiger partial charge in [-0.05, 0) is 17.7 Å². The van der Waals surface area contributed by atoms with Crippen LogP contribution in [0.4, 0.5) is 0 Å². The number of aliphatic carboxylic acids is 1. The quantitative estimate of drug-likeness (QED) is 0.775. The average molecular weight is 210 g/mol. The Labute approximate surface area is 85.9 Å². The maximum absolute atomic E-state index is 10.4. The Balaban J connectivity index is 2.19. The lowest BCUT2D eigenvalue weighted by Gasteiger charge is -2.08. The Morgan fingerprint density at radius 2 is 2.13 bits per heavy atom. The van der Waals surface area contributed by atoms with Crippen molar-refractivity contribution in [3.63, 3.8) is 0 Å². The molecule has 1 heterocycles. The van der Waals surface area contributed by atoms with Crippen molar-refractivity contribution in [2.75, 3.05) is 6.79 Å². The first-order chi connectivity index (χ1) is 7.16. The molecule has 0 aliphatic carbocycles. The molecule has 5 heteroatoms. The second-order valence-corrected chi connectivity index (χ2v) is 3.23. The molecule has 2 rings (SSSR count). The molecule has 80 valence electrons. The Morgan fingerprint density at radius 3 is 2.87 bits per heavy atom. The second-order valence-electron chi connectivity index (χ2n) is 3.23. The molecule has 15 heavy (non-hydrogen) atoms. The minimum Gasteiger partial charge on any atom is -0.481 e. The Kier molecular flexibility index (Phi) is 2.47. The van der Waals surface area contributed by atoms with E-state index in [1.165, 1.54) is 0 Å². The van der Waals surface area contributed by atoms with Crippen molar-refractivity contribution in [3.05, 3.63) is 23.8 Å². The number of rotatable bonds is 3. The number of hydrogen-bond donors (Lipinski definition) is 2. The van der Waals surface area contributed by atoms with E-state index in [1.54, 1.807) is 18.2 Å². The van der Waals surface area contributed by atoms with Gasteiger partial charge in [-0.25, -0.2) is 0 Å². The van der Waals surface area contributed by atoms with Crippen LogP contribution < -0.4 is 9.47 Å². The van der Waals surface area contributed by atoms with Gasteiger partial charge in [0.15, 0.2) is 11.5 Å². The van der Waals surface area contributed by atoms with E-state index in [0.29, 0.717) is 17.1 Å². The number of aliphatic hydroxyl groups excluding tert-OH is 1. The topological polar surface area (TPSA) is 76.0 Å². The molecule has 0 amide bonds. The number of carboxylic acids is 1. The molecular formula is C10H10O5. The molecule has 0 radical (unpaired) electrons. The molecule has 0 aromatic heterocycles. The summed E-state index contributed by atoms with van der Waals surface area (Å²) in [6.07, 6.45) is -1.34. The summed E-state index contributed by atoms with van der Waals surface area (Å²) in [6, 6.07) is 4.87. The molecule has 0 bridgehead atoms. The van der Waals surface area contributed by atoms with E-state index in [1.807, 2.05) is 0 Å². The highest BCUT2D eigenvalue weighted by atomic mass is 16.7. The summed E-state index contributed by atoms with van der Waals surface area (Å²) in [5, 5.41) is 18.1. The summed E-state index contributed by atoms with van der Waals surface area (Å²) < 4.78 is 10.2. The van der Waals surface area contributed by atoms with Gasteiger partial charge in [0.1, 0.15) is 0 Å². The standard InChI is InChI=1S/C10H10O5/c11-7(4-10(12)13)6-1-2-8-9(3-6)15-5-14-8/h1-3,7,11H,4-5H2,(H,12,13). The third kappa shape index (κ3) is 2.02. The highest BCUT2D eigenvalue weighted by Gasteiger charge is 2.17. The van der Waals surface area contributed by atoms with Crippen molar-refractivity contribution in [3.8, 4) is 11.5 Å². The van der Waals surface area contributed by atoms with E-state index in [2.05, 4.69) is 0 Å². The molecule has 0 spiro atoms. The van der Waals surface area contributed by atoms with E-state index >= 15 is 0 Å². The van der Waals surface area contributed by atoms with Gasteiger partial charge in [-0.2, -0.15) is 0 Å². The van der Waals surface area contributed by atoms with Crippen LogP contribution in [0.15, 0.2) is 18.2 Å². The first kappa shape index (κ1) is 9.79. The van der Waals surface area contributed by atoms with Gasteiger partial charge in [0.05, 0.1) is 12.5 Å². The van der Waals surface area contributed by atoms with Gasteiger partial charge < -0.3 is 19.7 Å². The summed E-state index contributed by atoms with van der Waals surface area (Å²) in [4.78, 5) is 10.4. The normalized spacial score (nSPS) is 15.0. The van der Waals surface area contributed by atoms with Crippen molar-refractivity contribution >= 4 is 5.97 Å². The number of carbonyl (C=O) groups is 1. The molecule has 1 aliphatic rings. The lowest BCUT2D eigenvalue weighted by Crippen LogP contribution is -2.05. The van der Waals surface area contributed by atoms with Gasteiger partial charge in [-0.1, -0.05) is 6.07 Å². The van der Waals surface area contributed by atoms with Gasteiger partial charge in [0, 0.05) is 0 Å². The summed E-state index contributed by atoms with van der Waals surface area (Å²) in [6.45, 7) is 0.161. The molecule has 1 aromatic rings. The third-order valence-electron chi connectivity index (χ3n) is 2.15. The SMILES string of the molecule is O=C(O)CC(O)c1ccc2c(c1)OCO2. The average Bonchev–Trinajstić information content (AvgIpc) is 2.62. The molecular weight excluding hydrogens is 200 g/mol. The fraction of sp³-hybridized carbons (Fsp3) is 0.300. The van der Waals surface area contributed by atoms with Crippen LogP contribution in [0.1, 0.15) is 18.1 Å². The zero-order chi connectivity index (χ0) is 10.8. The Morgan fingerprint density at radius 1 is 1.40 bits per heavy atom. The van der Waals surface area contributed by atoms with Crippen LogP contribution in [-0.2, 0) is 4.79 Å². The molecule has 5 nitrogen and oxygen atoms in total. The number of ether oxygens (including phenoxy) is 2. The Bertz CT molecular complexity index is 387. The zero-order valence-corrected chi connectivity index (χ0v) is 7.84. The fourth-order valence-electron chi connectivity index (χ4n) is 1.40. The van der Waals surface area contributed by atoms with Gasteiger partial charge >= 0.3 is 5.97 Å². The van der Waals surface area contributed by atoms with E-state index in [9.17, 15) is 9.90 Å². The lowest BCUT2D eigenvalue weighted by molar-refractivity contribution is -0.139. The summed E-state index contributed by atoms with van der Waals surface area (Å²) in [5.41, 5.74) is 0.515. The molecule has 1 aliphatic heterocycles. The molecule has 2 N–H and O–H groups in total. The van der Waals surface area contributed by atoms with Gasteiger partial charge in [0.25, 0.3) is 0 Å². The highest BCUT2D eigenvalue weighted by molar-refractivity contribution is 5.67. The van der Waals surface area contributed by atoms with E-state index in [4.69, 9.17) is 14.6 Å². The van der Waals surface area contributed by atoms with Gasteiger partial charge in [-0.15, -0.1) is 0 Å².